The Morgan fingerprint density at radius 1 is 1.22 bits per heavy atom. The number of hydrogen-bond acceptors (Lipinski definition) is 6. The van der Waals surface area contributed by atoms with Gasteiger partial charge < -0.3 is 0 Å². The summed E-state index contributed by atoms with van der Waals surface area (Å²) in [5, 5.41) is 0. The minimum atomic E-state index is -4.75. The van der Waals surface area contributed by atoms with Gasteiger partial charge in [-0.2, -0.15) is 8.42 Å². The van der Waals surface area contributed by atoms with Crippen LogP contribution in [-0.4, -0.2) is 15.5 Å². The van der Waals surface area contributed by atoms with Gasteiger partial charge in [-0.3, -0.25) is 0 Å². The summed E-state index contributed by atoms with van der Waals surface area (Å²) in [4.78, 5) is -1.03. The molecule has 0 radical (unpaired) electrons. The monoisotopic (exact) mass is 301 g/mol. The summed E-state index contributed by atoms with van der Waals surface area (Å²) in [5.74, 6) is -2.15. The highest BCUT2D eigenvalue weighted by molar-refractivity contribution is 7.86. The van der Waals surface area contributed by atoms with Crippen molar-refractivity contribution in [1.29, 1.82) is 0 Å². The van der Waals surface area contributed by atoms with Crippen LogP contribution in [0.4, 0.5) is 8.78 Å². The molecule has 0 spiro atoms. The zero-order chi connectivity index (χ0) is 13.9. The lowest BCUT2D eigenvalue weighted by Crippen LogP contribution is -2.10. The second-order valence-electron chi connectivity index (χ2n) is 2.99. The van der Waals surface area contributed by atoms with Crippen molar-refractivity contribution < 1.29 is 35.3 Å². The summed E-state index contributed by atoms with van der Waals surface area (Å²) >= 11 is 0. The summed E-state index contributed by atoms with van der Waals surface area (Å²) in [6.45, 7) is 1.05. The summed E-state index contributed by atoms with van der Waals surface area (Å²) in [5.41, 5.74) is -0.480. The number of hydrogen-bond donors (Lipinski definition) is 0. The van der Waals surface area contributed by atoms with Gasteiger partial charge in [0.25, 0.3) is 0 Å². The quantitative estimate of drug-likeness (QED) is 0.471. The van der Waals surface area contributed by atoms with E-state index in [9.17, 15) is 21.8 Å². The molecule has 1 rings (SSSR count). The van der Waals surface area contributed by atoms with Crippen molar-refractivity contribution in [2.45, 2.75) is 11.8 Å². The van der Waals surface area contributed by atoms with Gasteiger partial charge in [0.2, 0.25) is 0 Å². The fraction of sp³-hybridized carbons (Fsp3) is 0.250. The molecule has 1 aromatic carbocycles. The van der Waals surface area contributed by atoms with E-state index in [0.29, 0.717) is 6.07 Å². The highest BCUT2D eigenvalue weighted by atomic mass is 32.2. The molecule has 0 fully saturated rings. The Balaban J connectivity index is 3.13. The predicted octanol–water partition coefficient (Wildman–Crippen LogP) is 2.21. The van der Waals surface area contributed by atoms with Crippen LogP contribution in [0.3, 0.4) is 0 Å². The molecule has 18 heavy (non-hydrogen) atoms. The first kappa shape index (κ1) is 15.1. The molecule has 0 bridgehead atoms. The van der Waals surface area contributed by atoms with E-state index in [4.69, 9.17) is 0 Å². The van der Waals surface area contributed by atoms with Gasteiger partial charge in [0, 0.05) is 10.1 Å². The smallest absolute Gasteiger partial charge is 0.207 e. The Morgan fingerprint density at radius 2 is 1.78 bits per heavy atom. The van der Waals surface area contributed by atoms with Crippen molar-refractivity contribution in [2.75, 3.05) is 7.11 Å². The third-order valence-corrected chi connectivity index (χ3v) is 3.72. The van der Waals surface area contributed by atoms with E-state index in [1.54, 1.807) is 0 Å². The van der Waals surface area contributed by atoms with E-state index in [2.05, 4.69) is 13.5 Å². The second-order valence-corrected chi connectivity index (χ2v) is 5.40. The summed E-state index contributed by atoms with van der Waals surface area (Å²) < 4.78 is 72.0. The first-order chi connectivity index (χ1) is 8.29. The molecule has 0 amide bonds. The van der Waals surface area contributed by atoms with Crippen molar-refractivity contribution >= 4 is 18.4 Å². The molecule has 1 unspecified atom stereocenters. The van der Waals surface area contributed by atoms with Crippen molar-refractivity contribution in [3.8, 4) is 0 Å². The second kappa shape index (κ2) is 5.77. The Hall–Kier alpha value is -0.990. The number of rotatable bonds is 5. The molecule has 0 saturated carbocycles. The van der Waals surface area contributed by atoms with Crippen molar-refractivity contribution in [3.05, 3.63) is 29.3 Å². The molecule has 100 valence electrons. The number of benzene rings is 1. The van der Waals surface area contributed by atoms with Crippen LogP contribution in [-0.2, 0) is 28.2 Å². The molecular formula is C8H8F2O6PS+. The molecule has 1 atom stereocenters. The Labute approximate surface area is 102 Å². The largest absolute Gasteiger partial charge is 0.729 e. The van der Waals surface area contributed by atoms with Crippen molar-refractivity contribution in [1.82, 2.24) is 0 Å². The van der Waals surface area contributed by atoms with Crippen molar-refractivity contribution in [2.24, 2.45) is 0 Å². The molecule has 10 heteroatoms. The van der Waals surface area contributed by atoms with Gasteiger partial charge in [0.1, 0.15) is 16.5 Å². The third kappa shape index (κ3) is 3.27. The summed E-state index contributed by atoms with van der Waals surface area (Å²) in [6, 6.07) is 1.38. The van der Waals surface area contributed by atoms with Crippen LogP contribution >= 0.6 is 8.25 Å². The zero-order valence-corrected chi connectivity index (χ0v) is 10.9. The summed E-state index contributed by atoms with van der Waals surface area (Å²) in [7, 11) is -6.60. The molecule has 0 aliphatic rings. The summed E-state index contributed by atoms with van der Waals surface area (Å²) in [6.07, 6.45) is 0. The molecule has 0 heterocycles. The van der Waals surface area contributed by atoms with Crippen LogP contribution in [0.1, 0.15) is 5.56 Å². The van der Waals surface area contributed by atoms with E-state index in [-0.39, 0.29) is 0 Å². The van der Waals surface area contributed by atoms with E-state index >= 15 is 0 Å². The molecule has 0 aromatic heterocycles. The van der Waals surface area contributed by atoms with Crippen LogP contribution in [0.2, 0.25) is 0 Å². The normalized spacial score (nSPS) is 12.6. The number of halogens is 2. The fourth-order valence-corrected chi connectivity index (χ4v) is 2.50. The topological polar surface area (TPSA) is 78.9 Å². The molecule has 6 nitrogen and oxygen atoms in total. The Kier molecular flexibility index (Phi) is 4.83. The molecule has 0 aliphatic heterocycles. The average Bonchev–Trinajstić information content (AvgIpc) is 2.31. The molecule has 1 aromatic rings. The lowest BCUT2D eigenvalue weighted by atomic mass is 10.2. The van der Waals surface area contributed by atoms with E-state index in [1.807, 2.05) is 0 Å². The highest BCUT2D eigenvalue weighted by Crippen LogP contribution is 2.28. The van der Waals surface area contributed by atoms with Gasteiger partial charge >= 0.3 is 18.4 Å². The maximum absolute atomic E-state index is 13.3. The van der Waals surface area contributed by atoms with Gasteiger partial charge in [0.05, 0.1) is 11.8 Å². The molecule has 0 aliphatic carbocycles. The van der Waals surface area contributed by atoms with Gasteiger partial charge in [-0.25, -0.2) is 8.78 Å². The van der Waals surface area contributed by atoms with E-state index in [0.717, 1.165) is 20.1 Å². The maximum Gasteiger partial charge on any atom is 0.729 e. The van der Waals surface area contributed by atoms with Gasteiger partial charge in [0.15, 0.2) is 0 Å². The fourth-order valence-electron chi connectivity index (χ4n) is 1.07. The zero-order valence-electron chi connectivity index (χ0n) is 9.22. The maximum atomic E-state index is 13.3. The van der Waals surface area contributed by atoms with Gasteiger partial charge in [-0.05, 0) is 19.1 Å². The third-order valence-electron chi connectivity index (χ3n) is 1.87. The predicted molar refractivity (Wildman–Crippen MR) is 55.1 cm³/mol. The highest BCUT2D eigenvalue weighted by Gasteiger charge is 2.31. The van der Waals surface area contributed by atoms with Crippen LogP contribution in [0.15, 0.2) is 17.0 Å². The van der Waals surface area contributed by atoms with Gasteiger partial charge in [-0.15, -0.1) is 4.52 Å². The van der Waals surface area contributed by atoms with Gasteiger partial charge in [-0.1, -0.05) is 4.33 Å². The Morgan fingerprint density at radius 3 is 2.33 bits per heavy atom. The SMILES string of the molecule is CO[P+](=O)OOS(=O)(=O)c1c(F)ccc(F)c1C. The van der Waals surface area contributed by atoms with Crippen molar-refractivity contribution in [3.63, 3.8) is 0 Å². The first-order valence-electron chi connectivity index (χ1n) is 4.37. The Bertz CT molecular complexity index is 573. The van der Waals surface area contributed by atoms with E-state index < -0.39 is 40.5 Å². The molecule has 0 N–H and O–H groups in total. The first-order valence-corrected chi connectivity index (χ1v) is 6.87. The molecule has 0 saturated heterocycles. The van der Waals surface area contributed by atoms with Crippen LogP contribution in [0.25, 0.3) is 0 Å². The van der Waals surface area contributed by atoms with Crippen LogP contribution in [0.5, 0.6) is 0 Å². The lowest BCUT2D eigenvalue weighted by molar-refractivity contribution is -0.0964. The lowest BCUT2D eigenvalue weighted by Gasteiger charge is -2.05. The standard InChI is InChI=1S/C8H8F2O6PS/c1-5-6(9)3-4-7(10)8(5)18(12,13)16-15-17(11)14-2/h3-4H,1-2H3/q+1. The minimum Gasteiger partial charge on any atom is -0.207 e. The minimum absolute atomic E-state index is 0.480. The molecular weight excluding hydrogens is 293 g/mol. The average molecular weight is 301 g/mol. The van der Waals surface area contributed by atoms with Crippen LogP contribution < -0.4 is 0 Å². The van der Waals surface area contributed by atoms with Crippen LogP contribution in [0, 0.1) is 18.6 Å². The van der Waals surface area contributed by atoms with E-state index in [1.165, 1.54) is 0 Å².